The number of carbonyl (C=O) groups excluding carboxylic acids is 1. The van der Waals surface area contributed by atoms with Crippen LogP contribution in [0.1, 0.15) is 29.0 Å². The summed E-state index contributed by atoms with van der Waals surface area (Å²) >= 11 is 0. The molecule has 144 valence electrons. The summed E-state index contributed by atoms with van der Waals surface area (Å²) < 4.78 is 0. The Morgan fingerprint density at radius 3 is 2.57 bits per heavy atom. The zero-order chi connectivity index (χ0) is 19.5. The lowest BCUT2D eigenvalue weighted by Crippen LogP contribution is -2.27. The first-order valence-corrected chi connectivity index (χ1v) is 9.26. The van der Waals surface area contributed by atoms with Gasteiger partial charge in [0, 0.05) is 45.1 Å². The van der Waals surface area contributed by atoms with Gasteiger partial charge in [-0.15, -0.1) is 0 Å². The van der Waals surface area contributed by atoms with Crippen molar-refractivity contribution in [2.75, 3.05) is 37.0 Å². The maximum absolute atomic E-state index is 12.6. The molecule has 0 unspecified atom stereocenters. The summed E-state index contributed by atoms with van der Waals surface area (Å²) in [5.41, 5.74) is 1.96. The predicted octanol–water partition coefficient (Wildman–Crippen LogP) is 1.41. The van der Waals surface area contributed by atoms with Crippen molar-refractivity contribution in [1.29, 1.82) is 0 Å². The van der Waals surface area contributed by atoms with Gasteiger partial charge in [-0.3, -0.25) is 14.8 Å². The molecule has 2 aromatic heterocycles. The third kappa shape index (κ3) is 3.83. The first kappa shape index (κ1) is 18.0. The molecule has 1 fully saturated rings. The molecule has 1 aliphatic rings. The number of rotatable bonds is 5. The van der Waals surface area contributed by atoms with E-state index in [9.17, 15) is 4.79 Å². The van der Waals surface area contributed by atoms with Gasteiger partial charge in [-0.25, -0.2) is 0 Å². The summed E-state index contributed by atoms with van der Waals surface area (Å²) in [4.78, 5) is 38.6. The van der Waals surface area contributed by atoms with E-state index in [4.69, 9.17) is 0 Å². The molecule has 28 heavy (non-hydrogen) atoms. The summed E-state index contributed by atoms with van der Waals surface area (Å²) in [6.07, 6.45) is 5.51. The molecule has 1 saturated heterocycles. The van der Waals surface area contributed by atoms with Gasteiger partial charge in [0.15, 0.2) is 5.82 Å². The molecule has 3 heterocycles. The fraction of sp³-hybridized carbons (Fsp3) is 0.368. The van der Waals surface area contributed by atoms with E-state index in [0.29, 0.717) is 28.8 Å². The van der Waals surface area contributed by atoms with Gasteiger partial charge in [-0.05, 0) is 31.0 Å². The van der Waals surface area contributed by atoms with Gasteiger partial charge < -0.3 is 15.1 Å². The highest BCUT2D eigenvalue weighted by molar-refractivity contribution is 5.97. The second-order valence-corrected chi connectivity index (χ2v) is 6.88. The molecule has 0 atom stereocenters. The van der Waals surface area contributed by atoms with Gasteiger partial charge in [-0.2, -0.15) is 15.0 Å². The van der Waals surface area contributed by atoms with E-state index in [-0.39, 0.29) is 12.5 Å². The van der Waals surface area contributed by atoms with Crippen molar-refractivity contribution in [3.8, 4) is 0 Å². The minimum atomic E-state index is -0.206. The number of benzene rings is 1. The number of fused-ring (bicyclic) bond motifs is 1. The minimum Gasteiger partial charge on any atom is -0.347 e. The lowest BCUT2D eigenvalue weighted by molar-refractivity contribution is 0.0950. The Bertz CT molecular complexity index is 1000. The van der Waals surface area contributed by atoms with Crippen molar-refractivity contribution < 1.29 is 4.79 Å². The maximum atomic E-state index is 12.6. The van der Waals surface area contributed by atoms with Crippen molar-refractivity contribution in [1.82, 2.24) is 30.2 Å². The quantitative estimate of drug-likeness (QED) is 0.711. The van der Waals surface area contributed by atoms with E-state index < -0.39 is 0 Å². The SMILES string of the molecule is CN(C)c1nc(CNC(=O)c2ccc3nccnc3c2)nc(N2CCCC2)n1. The van der Waals surface area contributed by atoms with Crippen LogP contribution >= 0.6 is 0 Å². The number of aromatic nitrogens is 5. The molecule has 0 spiro atoms. The number of carbonyl (C=O) groups is 1. The third-order valence-corrected chi connectivity index (χ3v) is 4.59. The van der Waals surface area contributed by atoms with E-state index in [1.54, 1.807) is 30.6 Å². The van der Waals surface area contributed by atoms with Crippen LogP contribution < -0.4 is 15.1 Å². The number of amides is 1. The van der Waals surface area contributed by atoms with E-state index in [2.05, 4.69) is 35.1 Å². The molecule has 0 bridgehead atoms. The molecule has 1 amide bonds. The Kier molecular flexibility index (Phi) is 4.96. The number of nitrogens with zero attached hydrogens (tertiary/aromatic N) is 7. The van der Waals surface area contributed by atoms with Crippen LogP contribution in [0.5, 0.6) is 0 Å². The van der Waals surface area contributed by atoms with Gasteiger partial charge in [0.25, 0.3) is 5.91 Å². The lowest BCUT2D eigenvalue weighted by Gasteiger charge is -2.19. The zero-order valence-corrected chi connectivity index (χ0v) is 16.0. The first-order valence-electron chi connectivity index (χ1n) is 9.26. The van der Waals surface area contributed by atoms with Crippen LogP contribution in [0.15, 0.2) is 30.6 Å². The number of nitrogens with one attached hydrogen (secondary N) is 1. The van der Waals surface area contributed by atoms with Crippen LogP contribution in [0.4, 0.5) is 11.9 Å². The van der Waals surface area contributed by atoms with E-state index in [0.717, 1.165) is 31.4 Å². The third-order valence-electron chi connectivity index (χ3n) is 4.59. The van der Waals surface area contributed by atoms with E-state index >= 15 is 0 Å². The molecule has 4 rings (SSSR count). The van der Waals surface area contributed by atoms with Crippen LogP contribution in [0, 0.1) is 0 Å². The van der Waals surface area contributed by atoms with Gasteiger partial charge in [0.05, 0.1) is 17.6 Å². The Hall–Kier alpha value is -3.36. The molecule has 3 aromatic rings. The average Bonchev–Trinajstić information content (AvgIpc) is 3.26. The number of hydrogen-bond acceptors (Lipinski definition) is 8. The Balaban J connectivity index is 1.52. The topological polar surface area (TPSA) is 100 Å². The molecular weight excluding hydrogens is 356 g/mol. The molecular formula is C19H22N8O. The molecule has 1 aromatic carbocycles. The Labute approximate surface area is 162 Å². The van der Waals surface area contributed by atoms with Crippen LogP contribution in [0.2, 0.25) is 0 Å². The zero-order valence-electron chi connectivity index (χ0n) is 16.0. The predicted molar refractivity (Wildman–Crippen MR) is 106 cm³/mol. The summed E-state index contributed by atoms with van der Waals surface area (Å²) in [7, 11) is 3.78. The highest BCUT2D eigenvalue weighted by atomic mass is 16.1. The maximum Gasteiger partial charge on any atom is 0.251 e. The summed E-state index contributed by atoms with van der Waals surface area (Å²) in [5, 5.41) is 2.89. The Morgan fingerprint density at radius 1 is 1.07 bits per heavy atom. The van der Waals surface area contributed by atoms with Crippen molar-refractivity contribution in [2.24, 2.45) is 0 Å². The first-order chi connectivity index (χ1) is 13.6. The van der Waals surface area contributed by atoms with Crippen molar-refractivity contribution in [2.45, 2.75) is 19.4 Å². The molecule has 9 heteroatoms. The number of hydrogen-bond donors (Lipinski definition) is 1. The standard InChI is InChI=1S/C19H22N8O/c1-26(2)18-23-16(24-19(25-18)27-9-3-4-10-27)12-22-17(28)13-5-6-14-15(11-13)21-8-7-20-14/h5-8,11H,3-4,9-10,12H2,1-2H3,(H,22,28). The van der Waals surface area contributed by atoms with E-state index in [1.807, 2.05) is 19.0 Å². The fourth-order valence-corrected chi connectivity index (χ4v) is 3.10. The summed E-state index contributed by atoms with van der Waals surface area (Å²) in [5.74, 6) is 1.58. The van der Waals surface area contributed by atoms with Gasteiger partial charge in [0.2, 0.25) is 11.9 Å². The highest BCUT2D eigenvalue weighted by Gasteiger charge is 2.18. The van der Waals surface area contributed by atoms with Gasteiger partial charge >= 0.3 is 0 Å². The second kappa shape index (κ2) is 7.71. The summed E-state index contributed by atoms with van der Waals surface area (Å²) in [6, 6.07) is 5.25. The van der Waals surface area contributed by atoms with Crippen LogP contribution in [0.25, 0.3) is 11.0 Å². The largest absolute Gasteiger partial charge is 0.347 e. The van der Waals surface area contributed by atoms with Crippen molar-refractivity contribution >= 4 is 28.8 Å². The average molecular weight is 378 g/mol. The van der Waals surface area contributed by atoms with Crippen molar-refractivity contribution in [3.05, 3.63) is 42.0 Å². The summed E-state index contributed by atoms with van der Waals surface area (Å²) in [6.45, 7) is 2.11. The Morgan fingerprint density at radius 2 is 1.82 bits per heavy atom. The smallest absolute Gasteiger partial charge is 0.251 e. The van der Waals surface area contributed by atoms with Crippen molar-refractivity contribution in [3.63, 3.8) is 0 Å². The minimum absolute atomic E-state index is 0.206. The normalized spacial score (nSPS) is 13.7. The molecule has 0 radical (unpaired) electrons. The lowest BCUT2D eigenvalue weighted by atomic mass is 10.2. The molecule has 1 N–H and O–H groups in total. The highest BCUT2D eigenvalue weighted by Crippen LogP contribution is 2.18. The molecule has 0 saturated carbocycles. The second-order valence-electron chi connectivity index (χ2n) is 6.88. The van der Waals surface area contributed by atoms with Gasteiger partial charge in [-0.1, -0.05) is 0 Å². The number of anilines is 2. The van der Waals surface area contributed by atoms with Crippen LogP contribution in [0.3, 0.4) is 0 Å². The van der Waals surface area contributed by atoms with Crippen LogP contribution in [-0.2, 0) is 6.54 Å². The molecule has 0 aliphatic carbocycles. The fourth-order valence-electron chi connectivity index (χ4n) is 3.10. The van der Waals surface area contributed by atoms with Gasteiger partial charge in [0.1, 0.15) is 0 Å². The monoisotopic (exact) mass is 378 g/mol. The molecule has 1 aliphatic heterocycles. The van der Waals surface area contributed by atoms with Crippen LogP contribution in [-0.4, -0.2) is 58.0 Å². The van der Waals surface area contributed by atoms with E-state index in [1.165, 1.54) is 0 Å². The molecule has 9 nitrogen and oxygen atoms in total.